The summed E-state index contributed by atoms with van der Waals surface area (Å²) in [7, 11) is 3.94. The van der Waals surface area contributed by atoms with Gasteiger partial charge in [-0.3, -0.25) is 4.68 Å². The molecule has 0 saturated carbocycles. The third-order valence-electron chi connectivity index (χ3n) is 2.55. The van der Waals surface area contributed by atoms with Crippen molar-refractivity contribution in [3.8, 4) is 11.1 Å². The van der Waals surface area contributed by atoms with Crippen molar-refractivity contribution in [3.05, 3.63) is 28.2 Å². The highest BCUT2D eigenvalue weighted by Gasteiger charge is 2.08. The minimum absolute atomic E-state index is 0.935. The van der Waals surface area contributed by atoms with Crippen molar-refractivity contribution in [2.45, 2.75) is 13.5 Å². The van der Waals surface area contributed by atoms with Crippen LogP contribution in [0.1, 0.15) is 10.6 Å². The summed E-state index contributed by atoms with van der Waals surface area (Å²) in [5.41, 5.74) is 3.72. The van der Waals surface area contributed by atoms with Crippen molar-refractivity contribution < 1.29 is 0 Å². The van der Waals surface area contributed by atoms with E-state index in [-0.39, 0.29) is 0 Å². The number of aryl methyl sites for hydroxylation is 1. The Kier molecular flexibility index (Phi) is 2.88. The van der Waals surface area contributed by atoms with Crippen molar-refractivity contribution >= 4 is 11.3 Å². The Morgan fingerprint density at radius 1 is 1.53 bits per heavy atom. The second kappa shape index (κ2) is 4.16. The Morgan fingerprint density at radius 3 is 2.93 bits per heavy atom. The Bertz CT molecular complexity index is 456. The van der Waals surface area contributed by atoms with E-state index in [1.165, 1.54) is 21.7 Å². The minimum atomic E-state index is 0.935. The van der Waals surface area contributed by atoms with E-state index >= 15 is 0 Å². The van der Waals surface area contributed by atoms with E-state index < -0.39 is 0 Å². The fourth-order valence-corrected chi connectivity index (χ4v) is 2.47. The van der Waals surface area contributed by atoms with Gasteiger partial charge in [-0.2, -0.15) is 5.10 Å². The summed E-state index contributed by atoms with van der Waals surface area (Å²) in [5.74, 6) is 0. The number of aromatic nitrogens is 2. The van der Waals surface area contributed by atoms with Crippen LogP contribution in [0.2, 0.25) is 0 Å². The summed E-state index contributed by atoms with van der Waals surface area (Å²) in [6, 6.07) is 2.23. The molecular weight excluding hydrogens is 206 g/mol. The van der Waals surface area contributed by atoms with Crippen LogP contribution in [0.4, 0.5) is 0 Å². The first kappa shape index (κ1) is 10.4. The molecule has 0 fully saturated rings. The molecule has 0 unspecified atom stereocenters. The van der Waals surface area contributed by atoms with Crippen LogP contribution in [0, 0.1) is 6.92 Å². The molecule has 2 aromatic rings. The van der Waals surface area contributed by atoms with Gasteiger partial charge in [0.05, 0.1) is 6.20 Å². The van der Waals surface area contributed by atoms with Crippen LogP contribution in [-0.4, -0.2) is 16.8 Å². The molecule has 0 atom stereocenters. The van der Waals surface area contributed by atoms with E-state index in [4.69, 9.17) is 0 Å². The molecule has 0 aromatic carbocycles. The number of thiophene rings is 1. The maximum Gasteiger partial charge on any atom is 0.0571 e. The molecule has 4 heteroatoms. The zero-order chi connectivity index (χ0) is 10.8. The largest absolute Gasteiger partial charge is 0.315 e. The van der Waals surface area contributed by atoms with Crippen LogP contribution in [0.15, 0.2) is 17.6 Å². The molecule has 80 valence electrons. The Morgan fingerprint density at radius 2 is 2.33 bits per heavy atom. The predicted molar refractivity (Wildman–Crippen MR) is 64.0 cm³/mol. The highest BCUT2D eigenvalue weighted by atomic mass is 32.1. The third kappa shape index (κ3) is 1.96. The van der Waals surface area contributed by atoms with Gasteiger partial charge < -0.3 is 5.32 Å². The van der Waals surface area contributed by atoms with E-state index in [0.29, 0.717) is 0 Å². The van der Waals surface area contributed by atoms with Gasteiger partial charge in [-0.25, -0.2) is 0 Å². The molecule has 0 aliphatic heterocycles. The zero-order valence-corrected chi connectivity index (χ0v) is 10.1. The van der Waals surface area contributed by atoms with Crippen LogP contribution in [0.5, 0.6) is 0 Å². The van der Waals surface area contributed by atoms with Gasteiger partial charge in [-0.1, -0.05) is 0 Å². The van der Waals surface area contributed by atoms with Crippen LogP contribution in [0.25, 0.3) is 11.1 Å². The van der Waals surface area contributed by atoms with Gasteiger partial charge in [0.1, 0.15) is 0 Å². The van der Waals surface area contributed by atoms with E-state index in [1.54, 1.807) is 11.3 Å². The van der Waals surface area contributed by atoms with Crippen molar-refractivity contribution in [1.29, 1.82) is 0 Å². The van der Waals surface area contributed by atoms with E-state index in [2.05, 4.69) is 28.8 Å². The Hall–Kier alpha value is -1.13. The summed E-state index contributed by atoms with van der Waals surface area (Å²) in [4.78, 5) is 1.36. The molecule has 2 heterocycles. The first-order chi connectivity index (χ1) is 7.22. The van der Waals surface area contributed by atoms with Gasteiger partial charge in [0.25, 0.3) is 0 Å². The number of hydrogen-bond acceptors (Lipinski definition) is 3. The lowest BCUT2D eigenvalue weighted by atomic mass is 10.1. The van der Waals surface area contributed by atoms with Crippen molar-refractivity contribution in [2.75, 3.05) is 7.05 Å². The number of nitrogens with one attached hydrogen (secondary N) is 1. The maximum absolute atomic E-state index is 4.25. The number of nitrogens with zero attached hydrogens (tertiary/aromatic N) is 2. The normalized spacial score (nSPS) is 10.9. The summed E-state index contributed by atoms with van der Waals surface area (Å²) < 4.78 is 1.91. The standard InChI is InChI=1S/C11H15N3S/c1-8-11(6-13-14(8)3)9-4-10(5-12-2)15-7-9/h4,6-7,12H,5H2,1-3H3. The molecule has 0 amide bonds. The van der Waals surface area contributed by atoms with Gasteiger partial charge in [0.15, 0.2) is 0 Å². The zero-order valence-electron chi connectivity index (χ0n) is 9.24. The highest BCUT2D eigenvalue weighted by molar-refractivity contribution is 7.10. The second-order valence-corrected chi connectivity index (χ2v) is 4.60. The second-order valence-electron chi connectivity index (χ2n) is 3.60. The molecule has 0 saturated heterocycles. The molecule has 3 nitrogen and oxygen atoms in total. The minimum Gasteiger partial charge on any atom is -0.315 e. The van der Waals surface area contributed by atoms with Gasteiger partial charge in [-0.05, 0) is 31.0 Å². The lowest BCUT2D eigenvalue weighted by Crippen LogP contribution is -2.02. The van der Waals surface area contributed by atoms with E-state index in [1.807, 2.05) is 25.0 Å². The molecule has 2 rings (SSSR count). The highest BCUT2D eigenvalue weighted by Crippen LogP contribution is 2.27. The molecule has 0 aliphatic carbocycles. The smallest absolute Gasteiger partial charge is 0.0571 e. The average molecular weight is 221 g/mol. The third-order valence-corrected chi connectivity index (χ3v) is 3.49. The van der Waals surface area contributed by atoms with Gasteiger partial charge in [0, 0.05) is 29.7 Å². The average Bonchev–Trinajstić information content (AvgIpc) is 2.77. The molecule has 0 spiro atoms. The molecule has 15 heavy (non-hydrogen) atoms. The lowest BCUT2D eigenvalue weighted by molar-refractivity contribution is 0.740. The molecule has 0 bridgehead atoms. The molecule has 2 aromatic heterocycles. The summed E-state index contributed by atoms with van der Waals surface area (Å²) >= 11 is 1.79. The topological polar surface area (TPSA) is 29.9 Å². The van der Waals surface area contributed by atoms with Gasteiger partial charge in [0.2, 0.25) is 0 Å². The van der Waals surface area contributed by atoms with E-state index in [0.717, 1.165) is 6.54 Å². The van der Waals surface area contributed by atoms with Gasteiger partial charge in [-0.15, -0.1) is 11.3 Å². The van der Waals surface area contributed by atoms with Crippen LogP contribution < -0.4 is 5.32 Å². The summed E-state index contributed by atoms with van der Waals surface area (Å²) in [6.45, 7) is 3.03. The van der Waals surface area contributed by atoms with Crippen LogP contribution in [0.3, 0.4) is 0 Å². The molecule has 1 N–H and O–H groups in total. The maximum atomic E-state index is 4.25. The number of rotatable bonds is 3. The SMILES string of the molecule is CNCc1cc(-c2cnn(C)c2C)cs1. The molecular formula is C11H15N3S. The fraction of sp³-hybridized carbons (Fsp3) is 0.364. The van der Waals surface area contributed by atoms with Crippen molar-refractivity contribution in [3.63, 3.8) is 0 Å². The Balaban J connectivity index is 2.33. The van der Waals surface area contributed by atoms with Crippen LogP contribution in [-0.2, 0) is 13.6 Å². The van der Waals surface area contributed by atoms with Crippen molar-refractivity contribution in [1.82, 2.24) is 15.1 Å². The lowest BCUT2D eigenvalue weighted by Gasteiger charge is -1.96. The molecule has 0 aliphatic rings. The first-order valence-electron chi connectivity index (χ1n) is 4.93. The Labute approximate surface area is 93.7 Å². The molecule has 0 radical (unpaired) electrons. The summed E-state index contributed by atoms with van der Waals surface area (Å²) in [5, 5.41) is 9.60. The van der Waals surface area contributed by atoms with E-state index in [9.17, 15) is 0 Å². The predicted octanol–water partition coefficient (Wildman–Crippen LogP) is 2.18. The number of hydrogen-bond donors (Lipinski definition) is 1. The first-order valence-corrected chi connectivity index (χ1v) is 5.81. The van der Waals surface area contributed by atoms with Gasteiger partial charge >= 0.3 is 0 Å². The summed E-state index contributed by atoms with van der Waals surface area (Å²) in [6.07, 6.45) is 1.93. The quantitative estimate of drug-likeness (QED) is 0.861. The fourth-order valence-electron chi connectivity index (χ4n) is 1.57. The van der Waals surface area contributed by atoms with Crippen molar-refractivity contribution in [2.24, 2.45) is 7.05 Å². The van der Waals surface area contributed by atoms with Crippen LogP contribution >= 0.6 is 11.3 Å². The monoisotopic (exact) mass is 221 g/mol.